The van der Waals surface area contributed by atoms with Crippen molar-refractivity contribution < 1.29 is 14.0 Å². The van der Waals surface area contributed by atoms with E-state index >= 15 is 0 Å². The van der Waals surface area contributed by atoms with Crippen LogP contribution in [0.25, 0.3) is 0 Å². The lowest BCUT2D eigenvalue weighted by molar-refractivity contribution is -0.114. The Balaban J connectivity index is 1.99. The molecule has 0 saturated heterocycles. The van der Waals surface area contributed by atoms with Crippen molar-refractivity contribution in [1.29, 1.82) is 0 Å². The van der Waals surface area contributed by atoms with Crippen LogP contribution >= 0.6 is 15.9 Å². The molecule has 154 valence electrons. The summed E-state index contributed by atoms with van der Waals surface area (Å²) in [5, 5.41) is 2.77. The fourth-order valence-corrected chi connectivity index (χ4v) is 3.66. The molecule has 0 aromatic heterocycles. The summed E-state index contributed by atoms with van der Waals surface area (Å²) in [6, 6.07) is 20.8. The quantitative estimate of drug-likeness (QED) is 0.485. The van der Waals surface area contributed by atoms with Gasteiger partial charge in [0.15, 0.2) is 0 Å². The second kappa shape index (κ2) is 9.67. The van der Waals surface area contributed by atoms with Gasteiger partial charge in [0.05, 0.1) is 11.6 Å². The van der Waals surface area contributed by atoms with Gasteiger partial charge in [0, 0.05) is 23.6 Å². The average Bonchev–Trinajstić information content (AvgIpc) is 2.73. The summed E-state index contributed by atoms with van der Waals surface area (Å²) >= 11 is 3.37. The van der Waals surface area contributed by atoms with Crippen LogP contribution in [0, 0.1) is 5.82 Å². The van der Waals surface area contributed by atoms with Gasteiger partial charge in [-0.05, 0) is 64.3 Å². The molecule has 0 spiro atoms. The van der Waals surface area contributed by atoms with Gasteiger partial charge in [-0.25, -0.2) is 4.39 Å². The molecule has 1 atom stereocenters. The summed E-state index contributed by atoms with van der Waals surface area (Å²) in [7, 11) is 0. The van der Waals surface area contributed by atoms with Crippen molar-refractivity contribution >= 4 is 33.4 Å². The maximum Gasteiger partial charge on any atom is 0.255 e. The zero-order valence-electron chi connectivity index (χ0n) is 16.7. The Hall–Kier alpha value is -2.99. The number of amides is 2. The number of rotatable bonds is 6. The molecule has 1 unspecified atom stereocenters. The minimum atomic E-state index is -0.471. The Kier molecular flexibility index (Phi) is 7.00. The first kappa shape index (κ1) is 21.7. The number of carbonyl (C=O) groups excluding carboxylic acids is 2. The van der Waals surface area contributed by atoms with Gasteiger partial charge in [-0.3, -0.25) is 9.59 Å². The second-order valence-electron chi connectivity index (χ2n) is 7.03. The van der Waals surface area contributed by atoms with Gasteiger partial charge < -0.3 is 10.2 Å². The maximum absolute atomic E-state index is 13.9. The van der Waals surface area contributed by atoms with Crippen LogP contribution in [0.2, 0.25) is 0 Å². The fraction of sp³-hybridized carbons (Fsp3) is 0.167. The average molecular weight is 469 g/mol. The van der Waals surface area contributed by atoms with E-state index in [9.17, 15) is 14.0 Å². The van der Waals surface area contributed by atoms with Crippen LogP contribution in [0.15, 0.2) is 77.3 Å². The minimum Gasteiger partial charge on any atom is -0.328 e. The topological polar surface area (TPSA) is 49.4 Å². The van der Waals surface area contributed by atoms with E-state index in [4.69, 9.17) is 0 Å². The minimum absolute atomic E-state index is 0.166. The molecular formula is C24H22BrFN2O2. The highest BCUT2D eigenvalue weighted by atomic mass is 79.9. The largest absolute Gasteiger partial charge is 0.328 e. The van der Waals surface area contributed by atoms with Crippen LogP contribution in [-0.4, -0.2) is 16.7 Å². The predicted molar refractivity (Wildman–Crippen MR) is 120 cm³/mol. The summed E-state index contributed by atoms with van der Waals surface area (Å²) in [5.74, 6) is -0.926. The fourth-order valence-electron chi connectivity index (χ4n) is 3.24. The summed E-state index contributed by atoms with van der Waals surface area (Å²) in [6.45, 7) is 3.72. The molecule has 0 radical (unpaired) electrons. The van der Waals surface area contributed by atoms with Crippen LogP contribution in [-0.2, 0) is 11.3 Å². The highest BCUT2D eigenvalue weighted by Crippen LogP contribution is 2.29. The molecule has 0 aliphatic heterocycles. The van der Waals surface area contributed by atoms with E-state index in [1.165, 1.54) is 25.1 Å². The predicted octanol–water partition coefficient (Wildman–Crippen LogP) is 5.95. The Labute approximate surface area is 183 Å². The van der Waals surface area contributed by atoms with Gasteiger partial charge in [0.25, 0.3) is 5.91 Å². The van der Waals surface area contributed by atoms with E-state index in [2.05, 4.69) is 21.2 Å². The molecule has 30 heavy (non-hydrogen) atoms. The zero-order chi connectivity index (χ0) is 21.7. The zero-order valence-corrected chi connectivity index (χ0v) is 18.3. The summed E-state index contributed by atoms with van der Waals surface area (Å²) in [6.07, 6.45) is 0. The Bertz CT molecular complexity index is 1060. The van der Waals surface area contributed by atoms with Gasteiger partial charge in [0.2, 0.25) is 5.91 Å². The van der Waals surface area contributed by atoms with E-state index in [-0.39, 0.29) is 23.4 Å². The van der Waals surface area contributed by atoms with Crippen LogP contribution in [0.5, 0.6) is 0 Å². The molecule has 0 fully saturated rings. The molecule has 6 heteroatoms. The van der Waals surface area contributed by atoms with Gasteiger partial charge in [0.1, 0.15) is 5.82 Å². The molecule has 3 rings (SSSR count). The van der Waals surface area contributed by atoms with Gasteiger partial charge >= 0.3 is 0 Å². The van der Waals surface area contributed by atoms with Crippen molar-refractivity contribution in [3.8, 4) is 0 Å². The number of carbonyl (C=O) groups is 2. The van der Waals surface area contributed by atoms with E-state index in [1.54, 1.807) is 11.0 Å². The van der Waals surface area contributed by atoms with Crippen molar-refractivity contribution in [3.05, 3.63) is 99.8 Å². The number of benzene rings is 3. The van der Waals surface area contributed by atoms with Crippen molar-refractivity contribution in [1.82, 2.24) is 4.90 Å². The molecule has 0 bridgehead atoms. The molecule has 0 aliphatic rings. The number of nitrogens with zero attached hydrogens (tertiary/aromatic N) is 1. The van der Waals surface area contributed by atoms with E-state index in [0.29, 0.717) is 16.7 Å². The van der Waals surface area contributed by atoms with Crippen molar-refractivity contribution in [2.75, 3.05) is 5.32 Å². The number of nitrogens with one attached hydrogen (secondary N) is 1. The Morgan fingerprint density at radius 1 is 1.03 bits per heavy atom. The van der Waals surface area contributed by atoms with Gasteiger partial charge in [-0.15, -0.1) is 0 Å². The smallest absolute Gasteiger partial charge is 0.255 e. The van der Waals surface area contributed by atoms with Gasteiger partial charge in [-0.1, -0.05) is 42.5 Å². The third-order valence-electron chi connectivity index (χ3n) is 4.77. The molecule has 4 nitrogen and oxygen atoms in total. The number of anilines is 1. The van der Waals surface area contributed by atoms with Crippen LogP contribution in [0.3, 0.4) is 0 Å². The molecule has 3 aromatic rings. The highest BCUT2D eigenvalue weighted by Gasteiger charge is 2.25. The van der Waals surface area contributed by atoms with Crippen molar-refractivity contribution in [3.63, 3.8) is 0 Å². The Morgan fingerprint density at radius 3 is 2.47 bits per heavy atom. The monoisotopic (exact) mass is 468 g/mol. The standard InChI is InChI=1S/C24H22BrFN2O2/c1-16(19-9-6-10-21(13-19)27-17(2)29)28(15-18-7-4-3-5-8-18)24(30)22-14-20(26)11-12-23(22)25/h3-14,16H,15H2,1-2H3,(H,27,29). The van der Waals surface area contributed by atoms with Crippen LogP contribution in [0.1, 0.15) is 41.4 Å². The number of hydrogen-bond donors (Lipinski definition) is 1. The second-order valence-corrected chi connectivity index (χ2v) is 7.88. The number of hydrogen-bond acceptors (Lipinski definition) is 2. The third kappa shape index (κ3) is 5.33. The molecule has 0 saturated carbocycles. The first-order valence-electron chi connectivity index (χ1n) is 9.52. The lowest BCUT2D eigenvalue weighted by Crippen LogP contribution is -2.33. The highest BCUT2D eigenvalue weighted by molar-refractivity contribution is 9.10. The van der Waals surface area contributed by atoms with E-state index in [1.807, 2.05) is 55.5 Å². The lowest BCUT2D eigenvalue weighted by atomic mass is 10.0. The Morgan fingerprint density at radius 2 is 1.77 bits per heavy atom. The molecule has 3 aromatic carbocycles. The summed E-state index contributed by atoms with van der Waals surface area (Å²) in [4.78, 5) is 26.6. The molecular weight excluding hydrogens is 447 g/mol. The molecule has 2 amide bonds. The first-order chi connectivity index (χ1) is 14.3. The van der Waals surface area contributed by atoms with Crippen LogP contribution < -0.4 is 5.32 Å². The molecule has 0 heterocycles. The third-order valence-corrected chi connectivity index (χ3v) is 5.46. The first-order valence-corrected chi connectivity index (χ1v) is 10.3. The molecule has 0 aliphatic carbocycles. The number of halogens is 2. The normalized spacial score (nSPS) is 11.6. The van der Waals surface area contributed by atoms with Crippen molar-refractivity contribution in [2.24, 2.45) is 0 Å². The summed E-state index contributed by atoms with van der Waals surface area (Å²) < 4.78 is 14.4. The van der Waals surface area contributed by atoms with E-state index < -0.39 is 5.82 Å². The summed E-state index contributed by atoms with van der Waals surface area (Å²) in [5.41, 5.74) is 2.74. The SMILES string of the molecule is CC(=O)Nc1cccc(C(C)N(Cc2ccccc2)C(=O)c2cc(F)ccc2Br)c1. The van der Waals surface area contributed by atoms with Crippen molar-refractivity contribution in [2.45, 2.75) is 26.4 Å². The molecule has 1 N–H and O–H groups in total. The van der Waals surface area contributed by atoms with E-state index in [0.717, 1.165) is 11.1 Å². The van der Waals surface area contributed by atoms with Crippen LogP contribution in [0.4, 0.5) is 10.1 Å². The van der Waals surface area contributed by atoms with Gasteiger partial charge in [-0.2, -0.15) is 0 Å². The maximum atomic E-state index is 13.9. The lowest BCUT2D eigenvalue weighted by Gasteiger charge is -2.30.